The monoisotopic (exact) mass is 377 g/mol. The van der Waals surface area contributed by atoms with Gasteiger partial charge in [-0.25, -0.2) is 0 Å². The molecule has 2 amide bonds. The number of carbonyl (C=O) groups excluding carboxylic acids is 2. The second-order valence-corrected chi connectivity index (χ2v) is 5.68. The molecule has 3 aromatic rings. The summed E-state index contributed by atoms with van der Waals surface area (Å²) in [5.74, 6) is -0.597. The van der Waals surface area contributed by atoms with Crippen molar-refractivity contribution >= 4 is 35.0 Å². The van der Waals surface area contributed by atoms with Gasteiger partial charge in [0, 0.05) is 29.6 Å². The molecule has 0 aliphatic rings. The number of non-ortho nitro benzene ring substituents is 1. The molecule has 0 unspecified atom stereocenters. The summed E-state index contributed by atoms with van der Waals surface area (Å²) < 4.78 is 5.03. The van der Waals surface area contributed by atoms with Crippen molar-refractivity contribution in [2.24, 2.45) is 0 Å². The van der Waals surface area contributed by atoms with E-state index in [0.717, 1.165) is 0 Å². The van der Waals surface area contributed by atoms with Crippen LogP contribution < -0.4 is 10.6 Å². The van der Waals surface area contributed by atoms with Crippen molar-refractivity contribution in [1.82, 2.24) is 0 Å². The van der Waals surface area contributed by atoms with E-state index in [1.54, 1.807) is 54.6 Å². The molecule has 0 atom stereocenters. The van der Waals surface area contributed by atoms with Gasteiger partial charge >= 0.3 is 0 Å². The van der Waals surface area contributed by atoms with E-state index in [1.807, 2.05) is 0 Å². The molecule has 28 heavy (non-hydrogen) atoms. The first-order valence-corrected chi connectivity index (χ1v) is 8.20. The molecule has 8 heteroatoms. The van der Waals surface area contributed by atoms with Gasteiger partial charge in [-0.1, -0.05) is 6.07 Å². The largest absolute Gasteiger partial charge is 0.459 e. The molecule has 1 heterocycles. The minimum atomic E-state index is -0.488. The third kappa shape index (κ3) is 4.92. The second-order valence-electron chi connectivity index (χ2n) is 5.68. The first-order chi connectivity index (χ1) is 13.5. The Morgan fingerprint density at radius 1 is 0.964 bits per heavy atom. The van der Waals surface area contributed by atoms with Gasteiger partial charge in [0.2, 0.25) is 5.91 Å². The summed E-state index contributed by atoms with van der Waals surface area (Å²) in [4.78, 5) is 34.2. The fourth-order valence-corrected chi connectivity index (χ4v) is 2.34. The highest BCUT2D eigenvalue weighted by molar-refractivity contribution is 6.04. The van der Waals surface area contributed by atoms with E-state index in [4.69, 9.17) is 4.42 Å². The lowest BCUT2D eigenvalue weighted by molar-refractivity contribution is -0.384. The van der Waals surface area contributed by atoms with E-state index in [2.05, 4.69) is 10.6 Å². The molecule has 3 rings (SSSR count). The topological polar surface area (TPSA) is 114 Å². The predicted molar refractivity (Wildman–Crippen MR) is 104 cm³/mol. The van der Waals surface area contributed by atoms with Crippen LogP contribution in [0.25, 0.3) is 6.08 Å². The first kappa shape index (κ1) is 18.6. The van der Waals surface area contributed by atoms with E-state index >= 15 is 0 Å². The van der Waals surface area contributed by atoms with Crippen LogP contribution in [0.15, 0.2) is 77.4 Å². The van der Waals surface area contributed by atoms with Gasteiger partial charge in [0.05, 0.1) is 11.2 Å². The summed E-state index contributed by atoms with van der Waals surface area (Å²) in [5.41, 5.74) is 1.63. The quantitative estimate of drug-likeness (QED) is 0.381. The van der Waals surface area contributed by atoms with Crippen LogP contribution in [0.2, 0.25) is 0 Å². The average molecular weight is 377 g/mol. The van der Waals surface area contributed by atoms with Gasteiger partial charge in [0.1, 0.15) is 0 Å². The van der Waals surface area contributed by atoms with Gasteiger partial charge in [-0.15, -0.1) is 0 Å². The van der Waals surface area contributed by atoms with E-state index in [1.165, 1.54) is 24.5 Å². The highest BCUT2D eigenvalue weighted by Gasteiger charge is 2.09. The maximum atomic E-state index is 12.1. The number of carbonyl (C=O) groups is 2. The summed E-state index contributed by atoms with van der Waals surface area (Å²) in [6.07, 6.45) is 4.26. The van der Waals surface area contributed by atoms with Crippen LogP contribution in [-0.4, -0.2) is 16.7 Å². The Bertz CT molecular complexity index is 1020. The molecule has 0 saturated carbocycles. The molecule has 0 fully saturated rings. The highest BCUT2D eigenvalue weighted by atomic mass is 16.6. The van der Waals surface area contributed by atoms with Crippen molar-refractivity contribution in [2.45, 2.75) is 0 Å². The zero-order chi connectivity index (χ0) is 19.9. The lowest BCUT2D eigenvalue weighted by atomic mass is 10.2. The Kier molecular flexibility index (Phi) is 5.61. The second kappa shape index (κ2) is 8.45. The molecular formula is C20H15N3O5. The number of nitro groups is 1. The van der Waals surface area contributed by atoms with Crippen molar-refractivity contribution < 1.29 is 18.9 Å². The summed E-state index contributed by atoms with van der Waals surface area (Å²) >= 11 is 0. The minimum absolute atomic E-state index is 0.0185. The van der Waals surface area contributed by atoms with Crippen LogP contribution in [0.3, 0.4) is 0 Å². The lowest BCUT2D eigenvalue weighted by Gasteiger charge is -2.07. The Morgan fingerprint density at radius 2 is 1.68 bits per heavy atom. The maximum Gasteiger partial charge on any atom is 0.291 e. The number of benzene rings is 2. The van der Waals surface area contributed by atoms with Crippen LogP contribution in [0.1, 0.15) is 16.1 Å². The maximum absolute atomic E-state index is 12.1. The zero-order valence-electron chi connectivity index (χ0n) is 14.5. The van der Waals surface area contributed by atoms with Gasteiger partial charge in [0.15, 0.2) is 5.76 Å². The fourth-order valence-electron chi connectivity index (χ4n) is 2.34. The molecule has 2 aromatic carbocycles. The molecule has 0 aliphatic heterocycles. The number of hydrogen-bond acceptors (Lipinski definition) is 5. The standard InChI is InChI=1S/C20H15N3O5/c24-19(11-8-14-6-9-17(10-7-14)23(26)27)21-15-3-1-4-16(13-15)22-20(25)18-5-2-12-28-18/h1-13H,(H,21,24)(H,22,25)/b11-8+. The van der Waals surface area contributed by atoms with Crippen molar-refractivity contribution in [3.05, 3.63) is 94.4 Å². The van der Waals surface area contributed by atoms with Crippen LogP contribution in [0.4, 0.5) is 17.1 Å². The Morgan fingerprint density at radius 3 is 2.32 bits per heavy atom. The van der Waals surface area contributed by atoms with E-state index in [0.29, 0.717) is 16.9 Å². The molecular weight excluding hydrogens is 362 g/mol. The predicted octanol–water partition coefficient (Wildman–Crippen LogP) is 4.09. The fraction of sp³-hybridized carbons (Fsp3) is 0. The summed E-state index contributed by atoms with van der Waals surface area (Å²) in [6, 6.07) is 15.6. The van der Waals surface area contributed by atoms with Crippen LogP contribution >= 0.6 is 0 Å². The number of rotatable bonds is 6. The summed E-state index contributed by atoms with van der Waals surface area (Å²) in [6.45, 7) is 0. The zero-order valence-corrected chi connectivity index (χ0v) is 14.5. The number of nitro benzene ring substituents is 1. The first-order valence-electron chi connectivity index (χ1n) is 8.20. The van der Waals surface area contributed by atoms with Gasteiger partial charge in [-0.3, -0.25) is 19.7 Å². The molecule has 0 spiro atoms. The third-order valence-electron chi connectivity index (χ3n) is 3.66. The van der Waals surface area contributed by atoms with Gasteiger partial charge in [-0.05, 0) is 54.1 Å². The molecule has 8 nitrogen and oxygen atoms in total. The molecule has 1 aromatic heterocycles. The normalized spacial score (nSPS) is 10.6. The van der Waals surface area contributed by atoms with Crippen LogP contribution in [0, 0.1) is 10.1 Å². The van der Waals surface area contributed by atoms with E-state index < -0.39 is 10.8 Å². The molecule has 0 radical (unpaired) electrons. The number of hydrogen-bond donors (Lipinski definition) is 2. The molecule has 0 saturated heterocycles. The van der Waals surface area contributed by atoms with Crippen molar-refractivity contribution in [3.8, 4) is 0 Å². The van der Waals surface area contributed by atoms with E-state index in [9.17, 15) is 19.7 Å². The van der Waals surface area contributed by atoms with Crippen LogP contribution in [-0.2, 0) is 4.79 Å². The highest BCUT2D eigenvalue weighted by Crippen LogP contribution is 2.17. The Balaban J connectivity index is 1.60. The lowest BCUT2D eigenvalue weighted by Crippen LogP contribution is -2.12. The van der Waals surface area contributed by atoms with Crippen molar-refractivity contribution in [1.29, 1.82) is 0 Å². The van der Waals surface area contributed by atoms with Gasteiger partial charge < -0.3 is 15.1 Å². The Hall–Kier alpha value is -4.20. The smallest absolute Gasteiger partial charge is 0.291 e. The molecule has 2 N–H and O–H groups in total. The molecule has 140 valence electrons. The average Bonchev–Trinajstić information content (AvgIpc) is 3.22. The SMILES string of the molecule is O=C(/C=C/c1ccc([N+](=O)[O-])cc1)Nc1cccc(NC(=O)c2ccco2)c1. The number of amides is 2. The number of anilines is 2. The number of nitrogens with zero attached hydrogens (tertiary/aromatic N) is 1. The molecule has 0 bridgehead atoms. The van der Waals surface area contributed by atoms with Crippen molar-refractivity contribution in [2.75, 3.05) is 10.6 Å². The Labute approximate surface area is 159 Å². The number of furan rings is 1. The van der Waals surface area contributed by atoms with E-state index in [-0.39, 0.29) is 17.4 Å². The van der Waals surface area contributed by atoms with Crippen LogP contribution in [0.5, 0.6) is 0 Å². The van der Waals surface area contributed by atoms with Gasteiger partial charge in [0.25, 0.3) is 11.6 Å². The van der Waals surface area contributed by atoms with Gasteiger partial charge in [-0.2, -0.15) is 0 Å². The van der Waals surface area contributed by atoms with Crippen molar-refractivity contribution in [3.63, 3.8) is 0 Å². The molecule has 0 aliphatic carbocycles. The summed E-state index contributed by atoms with van der Waals surface area (Å²) in [5, 5.41) is 16.0. The summed E-state index contributed by atoms with van der Waals surface area (Å²) in [7, 11) is 0. The third-order valence-corrected chi connectivity index (χ3v) is 3.66. The minimum Gasteiger partial charge on any atom is -0.459 e. The number of nitrogens with one attached hydrogen (secondary N) is 2.